The molecule has 18 heavy (non-hydrogen) atoms. The van der Waals surface area contributed by atoms with E-state index >= 15 is 0 Å². The maximum Gasteiger partial charge on any atom is 0.271 e. The largest absolute Gasteiger partial charge is 0.383 e. The van der Waals surface area contributed by atoms with E-state index in [4.69, 9.17) is 9.47 Å². The van der Waals surface area contributed by atoms with Crippen LogP contribution in [-0.2, 0) is 9.47 Å². The minimum Gasteiger partial charge on any atom is -0.383 e. The van der Waals surface area contributed by atoms with Crippen molar-refractivity contribution in [2.75, 3.05) is 38.8 Å². The first-order valence-corrected chi connectivity index (χ1v) is 5.70. The molecule has 1 N–H and O–H groups in total. The van der Waals surface area contributed by atoms with Crippen molar-refractivity contribution in [3.63, 3.8) is 0 Å². The maximum atomic E-state index is 10.7. The van der Waals surface area contributed by atoms with Crippen molar-refractivity contribution >= 4 is 11.4 Å². The predicted octanol–water partition coefficient (Wildman–Crippen LogP) is 1.98. The van der Waals surface area contributed by atoms with Crippen molar-refractivity contribution in [3.8, 4) is 0 Å². The number of nitro groups is 1. The van der Waals surface area contributed by atoms with Crippen LogP contribution in [0.5, 0.6) is 0 Å². The summed E-state index contributed by atoms with van der Waals surface area (Å²) in [6.45, 7) is 4.07. The van der Waals surface area contributed by atoms with Gasteiger partial charge in [-0.15, -0.1) is 0 Å². The molecule has 0 spiro atoms. The number of methoxy groups -OCH3 is 1. The molecule has 0 fully saturated rings. The van der Waals surface area contributed by atoms with Crippen LogP contribution >= 0.6 is 0 Å². The highest BCUT2D eigenvalue weighted by Gasteiger charge is 2.07. The molecule has 0 aliphatic carbocycles. The lowest BCUT2D eigenvalue weighted by Gasteiger charge is -2.08. The fourth-order valence-corrected chi connectivity index (χ4v) is 1.48. The third-order valence-electron chi connectivity index (χ3n) is 2.28. The first kappa shape index (κ1) is 14.4. The number of nitrogens with one attached hydrogen (secondary N) is 1. The number of anilines is 1. The van der Waals surface area contributed by atoms with Crippen LogP contribution in [0.3, 0.4) is 0 Å². The number of ether oxygens (including phenoxy) is 2. The van der Waals surface area contributed by atoms with Gasteiger partial charge in [-0.05, 0) is 18.6 Å². The first-order chi connectivity index (χ1) is 8.63. The standard InChI is InChI=1S/C12H18N2O4/c1-10-7-11(9-12(8-10)14(15)16)13-3-4-18-6-5-17-2/h7-9,13H,3-6H2,1-2H3. The Morgan fingerprint density at radius 3 is 2.72 bits per heavy atom. The van der Waals surface area contributed by atoms with Gasteiger partial charge in [0.05, 0.1) is 24.7 Å². The number of nitro benzene ring substituents is 1. The highest BCUT2D eigenvalue weighted by Crippen LogP contribution is 2.20. The summed E-state index contributed by atoms with van der Waals surface area (Å²) in [4.78, 5) is 10.3. The van der Waals surface area contributed by atoms with Gasteiger partial charge < -0.3 is 14.8 Å². The third-order valence-corrected chi connectivity index (χ3v) is 2.28. The Kier molecular flexibility index (Phi) is 6.10. The summed E-state index contributed by atoms with van der Waals surface area (Å²) in [6.07, 6.45) is 0. The Labute approximate surface area is 106 Å². The summed E-state index contributed by atoms with van der Waals surface area (Å²) >= 11 is 0. The Balaban J connectivity index is 2.40. The molecule has 6 nitrogen and oxygen atoms in total. The van der Waals surface area contributed by atoms with Crippen LogP contribution in [0.15, 0.2) is 18.2 Å². The first-order valence-electron chi connectivity index (χ1n) is 5.70. The van der Waals surface area contributed by atoms with Crippen molar-refractivity contribution in [1.29, 1.82) is 0 Å². The molecule has 0 heterocycles. The minimum atomic E-state index is -0.396. The molecular formula is C12H18N2O4. The van der Waals surface area contributed by atoms with Crippen molar-refractivity contribution in [3.05, 3.63) is 33.9 Å². The molecule has 0 saturated heterocycles. The molecule has 6 heteroatoms. The molecule has 0 radical (unpaired) electrons. The van der Waals surface area contributed by atoms with Gasteiger partial charge in [0.2, 0.25) is 0 Å². The zero-order valence-corrected chi connectivity index (χ0v) is 10.6. The van der Waals surface area contributed by atoms with E-state index in [2.05, 4.69) is 5.32 Å². The number of aryl methyl sites for hydroxylation is 1. The number of benzene rings is 1. The van der Waals surface area contributed by atoms with Crippen LogP contribution in [0.1, 0.15) is 5.56 Å². The summed E-state index contributed by atoms with van der Waals surface area (Å²) < 4.78 is 10.1. The summed E-state index contributed by atoms with van der Waals surface area (Å²) in [5.74, 6) is 0. The molecule has 0 saturated carbocycles. The van der Waals surface area contributed by atoms with Gasteiger partial charge >= 0.3 is 0 Å². The van der Waals surface area contributed by atoms with Crippen LogP contribution in [0.2, 0.25) is 0 Å². The third kappa shape index (κ3) is 5.11. The molecule has 0 atom stereocenters. The van der Waals surface area contributed by atoms with Crippen LogP contribution < -0.4 is 5.32 Å². The van der Waals surface area contributed by atoms with E-state index in [1.54, 1.807) is 13.2 Å². The van der Waals surface area contributed by atoms with Crippen LogP contribution in [0, 0.1) is 17.0 Å². The van der Waals surface area contributed by atoms with Gasteiger partial charge in [-0.25, -0.2) is 0 Å². The topological polar surface area (TPSA) is 73.6 Å². The van der Waals surface area contributed by atoms with Crippen molar-refractivity contribution in [2.24, 2.45) is 0 Å². The number of nitrogens with zero attached hydrogens (tertiary/aromatic N) is 1. The fourth-order valence-electron chi connectivity index (χ4n) is 1.48. The number of hydrogen-bond acceptors (Lipinski definition) is 5. The molecule has 100 valence electrons. The van der Waals surface area contributed by atoms with Gasteiger partial charge in [-0.1, -0.05) is 0 Å². The zero-order valence-electron chi connectivity index (χ0n) is 10.6. The molecule has 0 bridgehead atoms. The van der Waals surface area contributed by atoms with Gasteiger partial charge in [0.15, 0.2) is 0 Å². The van der Waals surface area contributed by atoms with E-state index in [0.717, 1.165) is 11.3 Å². The molecule has 0 aromatic heterocycles. The second-order valence-corrected chi connectivity index (χ2v) is 3.85. The van der Waals surface area contributed by atoms with Gasteiger partial charge in [0, 0.05) is 31.5 Å². The van der Waals surface area contributed by atoms with Gasteiger partial charge in [-0.3, -0.25) is 10.1 Å². The Morgan fingerprint density at radius 1 is 1.28 bits per heavy atom. The monoisotopic (exact) mass is 254 g/mol. The fraction of sp³-hybridized carbons (Fsp3) is 0.500. The Bertz CT molecular complexity index is 396. The highest BCUT2D eigenvalue weighted by molar-refractivity contribution is 5.53. The zero-order chi connectivity index (χ0) is 13.4. The van der Waals surface area contributed by atoms with Gasteiger partial charge in [-0.2, -0.15) is 0 Å². The quantitative estimate of drug-likeness (QED) is 0.436. The Hall–Kier alpha value is -1.66. The molecule has 1 aromatic rings. The molecule has 1 rings (SSSR count). The predicted molar refractivity (Wildman–Crippen MR) is 69.0 cm³/mol. The maximum absolute atomic E-state index is 10.7. The van der Waals surface area contributed by atoms with Crippen LogP contribution in [-0.4, -0.2) is 38.4 Å². The van der Waals surface area contributed by atoms with Crippen molar-refractivity contribution in [1.82, 2.24) is 0 Å². The van der Waals surface area contributed by atoms with E-state index in [1.807, 2.05) is 13.0 Å². The van der Waals surface area contributed by atoms with E-state index in [-0.39, 0.29) is 5.69 Å². The minimum absolute atomic E-state index is 0.0952. The molecule has 0 aliphatic rings. The summed E-state index contributed by atoms with van der Waals surface area (Å²) in [5, 5.41) is 13.8. The SMILES string of the molecule is COCCOCCNc1cc(C)cc([N+](=O)[O-])c1. The van der Waals surface area contributed by atoms with E-state index < -0.39 is 4.92 Å². The molecule has 0 amide bonds. The average Bonchev–Trinajstić information content (AvgIpc) is 2.33. The lowest BCUT2D eigenvalue weighted by atomic mass is 10.2. The number of non-ortho nitro benzene ring substituents is 1. The number of rotatable bonds is 8. The van der Waals surface area contributed by atoms with Gasteiger partial charge in [0.25, 0.3) is 5.69 Å². The summed E-state index contributed by atoms with van der Waals surface area (Å²) in [6, 6.07) is 4.92. The van der Waals surface area contributed by atoms with Crippen LogP contribution in [0.4, 0.5) is 11.4 Å². The summed E-state index contributed by atoms with van der Waals surface area (Å²) in [5.41, 5.74) is 1.68. The average molecular weight is 254 g/mol. The van der Waals surface area contributed by atoms with Crippen molar-refractivity contribution < 1.29 is 14.4 Å². The summed E-state index contributed by atoms with van der Waals surface area (Å²) in [7, 11) is 1.62. The van der Waals surface area contributed by atoms with E-state index in [1.165, 1.54) is 6.07 Å². The highest BCUT2D eigenvalue weighted by atomic mass is 16.6. The Morgan fingerprint density at radius 2 is 2.06 bits per heavy atom. The van der Waals surface area contributed by atoms with Crippen molar-refractivity contribution in [2.45, 2.75) is 6.92 Å². The van der Waals surface area contributed by atoms with Crippen LogP contribution in [0.25, 0.3) is 0 Å². The van der Waals surface area contributed by atoms with E-state index in [0.29, 0.717) is 26.4 Å². The second-order valence-electron chi connectivity index (χ2n) is 3.85. The lowest BCUT2D eigenvalue weighted by Crippen LogP contribution is -2.12. The molecule has 0 unspecified atom stereocenters. The molecule has 1 aromatic carbocycles. The molecular weight excluding hydrogens is 236 g/mol. The number of hydrogen-bond donors (Lipinski definition) is 1. The van der Waals surface area contributed by atoms with E-state index in [9.17, 15) is 10.1 Å². The smallest absolute Gasteiger partial charge is 0.271 e. The second kappa shape index (κ2) is 7.62. The lowest BCUT2D eigenvalue weighted by molar-refractivity contribution is -0.384. The normalized spacial score (nSPS) is 10.3. The van der Waals surface area contributed by atoms with Gasteiger partial charge in [0.1, 0.15) is 0 Å². The molecule has 0 aliphatic heterocycles.